The first kappa shape index (κ1) is 13.1. The van der Waals surface area contributed by atoms with Crippen LogP contribution < -0.4 is 0 Å². The highest BCUT2D eigenvalue weighted by Crippen LogP contribution is 2.43. The minimum atomic E-state index is 0.163. The Balaban J connectivity index is 1.86. The van der Waals surface area contributed by atoms with Gasteiger partial charge in [0.15, 0.2) is 0 Å². The molecule has 19 heavy (non-hydrogen) atoms. The maximum absolute atomic E-state index is 12.1. The molecule has 2 fully saturated rings. The summed E-state index contributed by atoms with van der Waals surface area (Å²) in [4.78, 5) is 24.2. The van der Waals surface area contributed by atoms with Gasteiger partial charge in [-0.1, -0.05) is 18.1 Å². The summed E-state index contributed by atoms with van der Waals surface area (Å²) in [5.74, 6) is 1.69. The first-order chi connectivity index (χ1) is 9.27. The van der Waals surface area contributed by atoms with Crippen molar-refractivity contribution in [2.75, 3.05) is 0 Å². The molecule has 0 saturated heterocycles. The van der Waals surface area contributed by atoms with E-state index in [1.165, 1.54) is 18.4 Å². The lowest BCUT2D eigenvalue weighted by atomic mass is 9.76. The molecule has 3 unspecified atom stereocenters. The molecule has 0 heterocycles. The van der Waals surface area contributed by atoms with Crippen LogP contribution in [0, 0.1) is 17.8 Å². The van der Waals surface area contributed by atoms with Crippen LogP contribution in [0.15, 0.2) is 11.6 Å². The lowest BCUT2D eigenvalue weighted by molar-refractivity contribution is -0.123. The number of Topliss-reactive ketones (excluding diaryl/α,β-unsaturated/α-hetero) is 2. The van der Waals surface area contributed by atoms with Gasteiger partial charge in [-0.2, -0.15) is 0 Å². The van der Waals surface area contributed by atoms with Crippen LogP contribution in [0.25, 0.3) is 0 Å². The van der Waals surface area contributed by atoms with Crippen LogP contribution in [-0.4, -0.2) is 11.6 Å². The van der Waals surface area contributed by atoms with Gasteiger partial charge in [-0.25, -0.2) is 0 Å². The van der Waals surface area contributed by atoms with Gasteiger partial charge in [0.05, 0.1) is 0 Å². The zero-order valence-corrected chi connectivity index (χ0v) is 11.7. The van der Waals surface area contributed by atoms with Crippen LogP contribution in [-0.2, 0) is 9.59 Å². The standard InChI is InChI=1S/C17H24O2/c18-16-10-4-8-14(16)12-6-2-1-3-7-13(12)15-9-5-11-17(15)19/h6,13-15H,1-5,7-11H2. The molecule has 0 aromatic carbocycles. The van der Waals surface area contributed by atoms with Gasteiger partial charge in [0.1, 0.15) is 11.6 Å². The van der Waals surface area contributed by atoms with Crippen molar-refractivity contribution < 1.29 is 9.59 Å². The highest BCUT2D eigenvalue weighted by molar-refractivity contribution is 5.87. The van der Waals surface area contributed by atoms with E-state index in [1.807, 2.05) is 0 Å². The monoisotopic (exact) mass is 260 g/mol. The van der Waals surface area contributed by atoms with Crippen LogP contribution in [0.5, 0.6) is 0 Å². The summed E-state index contributed by atoms with van der Waals surface area (Å²) >= 11 is 0. The van der Waals surface area contributed by atoms with Crippen LogP contribution in [0.2, 0.25) is 0 Å². The molecule has 2 heteroatoms. The molecule has 3 aliphatic carbocycles. The second-order valence-electron chi connectivity index (χ2n) is 6.47. The molecule has 2 saturated carbocycles. The fourth-order valence-electron chi connectivity index (χ4n) is 4.37. The van der Waals surface area contributed by atoms with Gasteiger partial charge in [-0.15, -0.1) is 0 Å². The van der Waals surface area contributed by atoms with Crippen molar-refractivity contribution in [3.8, 4) is 0 Å². The molecule has 104 valence electrons. The summed E-state index contributed by atoms with van der Waals surface area (Å²) in [6.45, 7) is 0. The predicted molar refractivity (Wildman–Crippen MR) is 74.7 cm³/mol. The highest BCUT2D eigenvalue weighted by Gasteiger charge is 2.39. The van der Waals surface area contributed by atoms with E-state index in [0.29, 0.717) is 17.5 Å². The zero-order chi connectivity index (χ0) is 13.2. The van der Waals surface area contributed by atoms with Crippen molar-refractivity contribution in [1.29, 1.82) is 0 Å². The summed E-state index contributed by atoms with van der Waals surface area (Å²) in [7, 11) is 0. The maximum Gasteiger partial charge on any atom is 0.140 e. The molecule has 0 aliphatic heterocycles. The molecule has 0 radical (unpaired) electrons. The molecule has 0 aromatic rings. The van der Waals surface area contributed by atoms with Crippen molar-refractivity contribution in [3.05, 3.63) is 11.6 Å². The summed E-state index contributed by atoms with van der Waals surface area (Å²) < 4.78 is 0. The molecule has 2 nitrogen and oxygen atoms in total. The average molecular weight is 260 g/mol. The van der Waals surface area contributed by atoms with Gasteiger partial charge in [-0.3, -0.25) is 9.59 Å². The molecular weight excluding hydrogens is 236 g/mol. The molecule has 0 spiro atoms. The molecular formula is C17H24O2. The average Bonchev–Trinajstić information content (AvgIpc) is 2.93. The van der Waals surface area contributed by atoms with E-state index in [9.17, 15) is 9.59 Å². The molecule has 0 bridgehead atoms. The Morgan fingerprint density at radius 2 is 1.53 bits per heavy atom. The number of ketones is 2. The number of carbonyl (C=O) groups excluding carboxylic acids is 2. The molecule has 3 atom stereocenters. The van der Waals surface area contributed by atoms with E-state index in [1.54, 1.807) is 0 Å². The Morgan fingerprint density at radius 3 is 2.21 bits per heavy atom. The Morgan fingerprint density at radius 1 is 0.789 bits per heavy atom. The van der Waals surface area contributed by atoms with E-state index in [0.717, 1.165) is 51.4 Å². The van der Waals surface area contributed by atoms with Crippen molar-refractivity contribution in [1.82, 2.24) is 0 Å². The summed E-state index contributed by atoms with van der Waals surface area (Å²) in [6.07, 6.45) is 12.7. The van der Waals surface area contributed by atoms with Crippen molar-refractivity contribution in [2.45, 2.75) is 64.2 Å². The number of hydrogen-bond donors (Lipinski definition) is 0. The molecule has 3 aliphatic rings. The quantitative estimate of drug-likeness (QED) is 0.707. The Kier molecular flexibility index (Phi) is 3.86. The number of rotatable bonds is 2. The van der Waals surface area contributed by atoms with Crippen molar-refractivity contribution >= 4 is 11.6 Å². The Hall–Kier alpha value is -0.920. The van der Waals surface area contributed by atoms with Gasteiger partial charge in [0, 0.05) is 24.7 Å². The molecule has 0 aromatic heterocycles. The van der Waals surface area contributed by atoms with E-state index in [2.05, 4.69) is 6.08 Å². The zero-order valence-electron chi connectivity index (χ0n) is 11.7. The molecule has 3 rings (SSSR count). The topological polar surface area (TPSA) is 34.1 Å². The van der Waals surface area contributed by atoms with E-state index < -0.39 is 0 Å². The number of hydrogen-bond acceptors (Lipinski definition) is 2. The Bertz CT molecular complexity index is 407. The normalized spacial score (nSPS) is 36.4. The van der Waals surface area contributed by atoms with Crippen molar-refractivity contribution in [2.24, 2.45) is 17.8 Å². The predicted octanol–water partition coefficient (Wildman–Crippen LogP) is 3.84. The third kappa shape index (κ3) is 2.54. The van der Waals surface area contributed by atoms with Gasteiger partial charge in [0.2, 0.25) is 0 Å². The van der Waals surface area contributed by atoms with E-state index in [4.69, 9.17) is 0 Å². The first-order valence-electron chi connectivity index (χ1n) is 8.03. The Labute approximate surface area is 115 Å². The third-order valence-electron chi connectivity index (χ3n) is 5.32. The van der Waals surface area contributed by atoms with Crippen LogP contribution >= 0.6 is 0 Å². The van der Waals surface area contributed by atoms with E-state index in [-0.39, 0.29) is 11.8 Å². The van der Waals surface area contributed by atoms with Crippen molar-refractivity contribution in [3.63, 3.8) is 0 Å². The third-order valence-corrected chi connectivity index (χ3v) is 5.32. The van der Waals surface area contributed by atoms with Crippen LogP contribution in [0.1, 0.15) is 64.2 Å². The summed E-state index contributed by atoms with van der Waals surface area (Å²) in [5.41, 5.74) is 1.36. The minimum Gasteiger partial charge on any atom is -0.299 e. The lowest BCUT2D eigenvalue weighted by Gasteiger charge is -2.27. The minimum absolute atomic E-state index is 0.163. The SMILES string of the molecule is O=C1CCCC1C1=CCCCCC1C1CCCC1=O. The largest absolute Gasteiger partial charge is 0.299 e. The second-order valence-corrected chi connectivity index (χ2v) is 6.47. The fraction of sp³-hybridized carbons (Fsp3) is 0.765. The number of allylic oxidation sites excluding steroid dienone is 2. The summed E-state index contributed by atoms with van der Waals surface area (Å²) in [6, 6.07) is 0. The first-order valence-corrected chi connectivity index (χ1v) is 8.03. The molecule has 0 N–H and O–H groups in total. The van der Waals surface area contributed by atoms with Crippen LogP contribution in [0.3, 0.4) is 0 Å². The smallest absolute Gasteiger partial charge is 0.140 e. The van der Waals surface area contributed by atoms with Gasteiger partial charge < -0.3 is 0 Å². The van der Waals surface area contributed by atoms with Gasteiger partial charge in [-0.05, 0) is 50.9 Å². The van der Waals surface area contributed by atoms with Gasteiger partial charge >= 0.3 is 0 Å². The second kappa shape index (κ2) is 5.60. The fourth-order valence-corrected chi connectivity index (χ4v) is 4.37. The van der Waals surface area contributed by atoms with Crippen LogP contribution in [0.4, 0.5) is 0 Å². The highest BCUT2D eigenvalue weighted by atomic mass is 16.1. The van der Waals surface area contributed by atoms with Gasteiger partial charge in [0.25, 0.3) is 0 Å². The number of carbonyl (C=O) groups is 2. The van der Waals surface area contributed by atoms with E-state index >= 15 is 0 Å². The lowest BCUT2D eigenvalue weighted by Crippen LogP contribution is -2.25. The maximum atomic E-state index is 12.1. The molecule has 0 amide bonds. The summed E-state index contributed by atoms with van der Waals surface area (Å²) in [5, 5.41) is 0.